The van der Waals surface area contributed by atoms with Crippen LogP contribution in [0.3, 0.4) is 0 Å². The fraction of sp³-hybridized carbons (Fsp3) is 0.857. The molecule has 2 rings (SSSR count). The van der Waals surface area contributed by atoms with Crippen molar-refractivity contribution in [3.63, 3.8) is 0 Å². The highest BCUT2D eigenvalue weighted by atomic mass is 16.4. The van der Waals surface area contributed by atoms with Crippen molar-refractivity contribution in [3.8, 4) is 0 Å². The standard InChI is InChI=1S/C14H23NO3/c16-13(11-7-8-12(11)14(17)18)15-9-3-6-10-4-1-2-5-10/h10-12H,1-9H2,(H,15,16)(H,17,18). The highest BCUT2D eigenvalue weighted by molar-refractivity contribution is 5.86. The maximum atomic E-state index is 11.8. The van der Waals surface area contributed by atoms with Crippen LogP contribution in [0.5, 0.6) is 0 Å². The predicted molar refractivity (Wildman–Crippen MR) is 68.1 cm³/mol. The van der Waals surface area contributed by atoms with Gasteiger partial charge in [-0.15, -0.1) is 0 Å². The quantitative estimate of drug-likeness (QED) is 0.713. The summed E-state index contributed by atoms with van der Waals surface area (Å²) in [7, 11) is 0. The minimum Gasteiger partial charge on any atom is -0.481 e. The fourth-order valence-electron chi connectivity index (χ4n) is 3.14. The van der Waals surface area contributed by atoms with Gasteiger partial charge in [0.15, 0.2) is 0 Å². The topological polar surface area (TPSA) is 66.4 Å². The minimum atomic E-state index is -0.827. The summed E-state index contributed by atoms with van der Waals surface area (Å²) >= 11 is 0. The van der Waals surface area contributed by atoms with Crippen LogP contribution in [0.4, 0.5) is 0 Å². The van der Waals surface area contributed by atoms with Gasteiger partial charge in [-0.2, -0.15) is 0 Å². The number of hydrogen-bond donors (Lipinski definition) is 2. The first-order chi connectivity index (χ1) is 8.68. The molecule has 2 N–H and O–H groups in total. The maximum Gasteiger partial charge on any atom is 0.307 e. The van der Waals surface area contributed by atoms with Crippen LogP contribution in [-0.4, -0.2) is 23.5 Å². The summed E-state index contributed by atoms with van der Waals surface area (Å²) in [5.74, 6) is -0.751. The molecule has 0 aromatic rings. The van der Waals surface area contributed by atoms with E-state index >= 15 is 0 Å². The average molecular weight is 253 g/mol. The zero-order valence-electron chi connectivity index (χ0n) is 10.9. The van der Waals surface area contributed by atoms with E-state index in [1.54, 1.807) is 0 Å². The first-order valence-corrected chi connectivity index (χ1v) is 7.19. The lowest BCUT2D eigenvalue weighted by Gasteiger charge is -2.31. The van der Waals surface area contributed by atoms with E-state index in [0.717, 1.165) is 18.8 Å². The molecule has 1 amide bonds. The molecule has 2 aliphatic rings. The lowest BCUT2D eigenvalue weighted by Crippen LogP contribution is -2.44. The summed E-state index contributed by atoms with van der Waals surface area (Å²) in [5.41, 5.74) is 0. The fourth-order valence-corrected chi connectivity index (χ4v) is 3.14. The SMILES string of the molecule is O=C(O)C1CCC1C(=O)NCCCC1CCCC1. The molecule has 4 heteroatoms. The Morgan fingerprint density at radius 2 is 1.72 bits per heavy atom. The second-order valence-corrected chi connectivity index (χ2v) is 5.71. The molecule has 2 unspecified atom stereocenters. The van der Waals surface area contributed by atoms with E-state index < -0.39 is 11.9 Å². The van der Waals surface area contributed by atoms with Crippen LogP contribution >= 0.6 is 0 Å². The lowest BCUT2D eigenvalue weighted by atomic mass is 9.73. The van der Waals surface area contributed by atoms with Gasteiger partial charge in [-0.3, -0.25) is 9.59 Å². The van der Waals surface area contributed by atoms with Crippen molar-refractivity contribution >= 4 is 11.9 Å². The van der Waals surface area contributed by atoms with Gasteiger partial charge in [-0.25, -0.2) is 0 Å². The molecule has 2 atom stereocenters. The predicted octanol–water partition coefficient (Wildman–Crippen LogP) is 2.18. The molecule has 4 nitrogen and oxygen atoms in total. The van der Waals surface area contributed by atoms with Crippen LogP contribution in [-0.2, 0) is 9.59 Å². The van der Waals surface area contributed by atoms with E-state index in [4.69, 9.17) is 5.11 Å². The number of rotatable bonds is 6. The third kappa shape index (κ3) is 3.24. The van der Waals surface area contributed by atoms with E-state index in [-0.39, 0.29) is 11.8 Å². The second-order valence-electron chi connectivity index (χ2n) is 5.71. The van der Waals surface area contributed by atoms with Crippen molar-refractivity contribution < 1.29 is 14.7 Å². The van der Waals surface area contributed by atoms with Crippen LogP contribution in [0, 0.1) is 17.8 Å². The Hall–Kier alpha value is -1.06. The molecule has 0 aliphatic heterocycles. The number of hydrogen-bond acceptors (Lipinski definition) is 2. The van der Waals surface area contributed by atoms with Crippen molar-refractivity contribution in [2.75, 3.05) is 6.54 Å². The van der Waals surface area contributed by atoms with Crippen molar-refractivity contribution in [3.05, 3.63) is 0 Å². The summed E-state index contributed by atoms with van der Waals surface area (Å²) in [5, 5.41) is 11.8. The van der Waals surface area contributed by atoms with E-state index in [1.165, 1.54) is 32.1 Å². The Balaban J connectivity index is 1.58. The van der Waals surface area contributed by atoms with Crippen LogP contribution in [0.2, 0.25) is 0 Å². The van der Waals surface area contributed by atoms with Crippen LogP contribution in [0.25, 0.3) is 0 Å². The van der Waals surface area contributed by atoms with Gasteiger partial charge in [0.2, 0.25) is 5.91 Å². The summed E-state index contributed by atoms with van der Waals surface area (Å²) < 4.78 is 0. The molecule has 102 valence electrons. The van der Waals surface area contributed by atoms with Crippen LogP contribution < -0.4 is 5.32 Å². The van der Waals surface area contributed by atoms with Gasteiger partial charge >= 0.3 is 5.97 Å². The molecule has 18 heavy (non-hydrogen) atoms. The van der Waals surface area contributed by atoms with E-state index in [2.05, 4.69) is 5.32 Å². The second kappa shape index (κ2) is 6.21. The van der Waals surface area contributed by atoms with Crippen LogP contribution in [0.1, 0.15) is 51.4 Å². The molecule has 2 fully saturated rings. The molecular formula is C14H23NO3. The highest BCUT2D eigenvalue weighted by Gasteiger charge is 2.41. The Kier molecular flexibility index (Phi) is 4.61. The van der Waals surface area contributed by atoms with E-state index in [0.29, 0.717) is 13.0 Å². The first-order valence-electron chi connectivity index (χ1n) is 7.19. The Morgan fingerprint density at radius 3 is 2.28 bits per heavy atom. The number of nitrogens with one attached hydrogen (secondary N) is 1. The molecule has 2 aliphatic carbocycles. The molecule has 0 aromatic heterocycles. The number of amides is 1. The van der Waals surface area contributed by atoms with Gasteiger partial charge in [0.25, 0.3) is 0 Å². The number of carbonyl (C=O) groups excluding carboxylic acids is 1. The third-order valence-electron chi connectivity index (χ3n) is 4.49. The zero-order chi connectivity index (χ0) is 13.0. The molecule has 2 saturated carbocycles. The average Bonchev–Trinajstić information content (AvgIpc) is 2.74. The molecule has 0 heterocycles. The number of carboxylic acid groups (broad SMARTS) is 1. The highest BCUT2D eigenvalue weighted by Crippen LogP contribution is 2.34. The Morgan fingerprint density at radius 1 is 1.06 bits per heavy atom. The largest absolute Gasteiger partial charge is 0.481 e. The maximum absolute atomic E-state index is 11.8. The van der Waals surface area contributed by atoms with Gasteiger partial charge in [0, 0.05) is 6.54 Å². The number of carboxylic acids is 1. The van der Waals surface area contributed by atoms with Crippen molar-refractivity contribution in [1.29, 1.82) is 0 Å². The van der Waals surface area contributed by atoms with Gasteiger partial charge < -0.3 is 10.4 Å². The Bertz CT molecular complexity index is 310. The molecular weight excluding hydrogens is 230 g/mol. The third-order valence-corrected chi connectivity index (χ3v) is 4.49. The lowest BCUT2D eigenvalue weighted by molar-refractivity contribution is -0.152. The van der Waals surface area contributed by atoms with Gasteiger partial charge in [0.05, 0.1) is 11.8 Å². The summed E-state index contributed by atoms with van der Waals surface area (Å²) in [6.45, 7) is 0.707. The summed E-state index contributed by atoms with van der Waals surface area (Å²) in [6, 6.07) is 0. The monoisotopic (exact) mass is 253 g/mol. The minimum absolute atomic E-state index is 0.0555. The van der Waals surface area contributed by atoms with Crippen molar-refractivity contribution in [2.45, 2.75) is 51.4 Å². The zero-order valence-corrected chi connectivity index (χ0v) is 10.9. The van der Waals surface area contributed by atoms with Gasteiger partial charge in [0.1, 0.15) is 0 Å². The van der Waals surface area contributed by atoms with Gasteiger partial charge in [-0.1, -0.05) is 25.7 Å². The number of carbonyl (C=O) groups is 2. The molecule has 0 spiro atoms. The van der Waals surface area contributed by atoms with Crippen molar-refractivity contribution in [2.24, 2.45) is 17.8 Å². The number of aliphatic carboxylic acids is 1. The van der Waals surface area contributed by atoms with E-state index in [9.17, 15) is 9.59 Å². The molecule has 0 bridgehead atoms. The van der Waals surface area contributed by atoms with Gasteiger partial charge in [-0.05, 0) is 31.6 Å². The normalized spacial score (nSPS) is 27.8. The molecule has 0 saturated heterocycles. The van der Waals surface area contributed by atoms with Crippen molar-refractivity contribution in [1.82, 2.24) is 5.32 Å². The molecule has 0 radical (unpaired) electrons. The first kappa shape index (κ1) is 13.4. The molecule has 0 aromatic carbocycles. The summed E-state index contributed by atoms with van der Waals surface area (Å²) in [4.78, 5) is 22.6. The summed E-state index contributed by atoms with van der Waals surface area (Å²) in [6.07, 6.45) is 9.02. The van der Waals surface area contributed by atoms with E-state index in [1.807, 2.05) is 0 Å². The smallest absolute Gasteiger partial charge is 0.307 e. The Labute approximate surface area is 108 Å². The van der Waals surface area contributed by atoms with Crippen LogP contribution in [0.15, 0.2) is 0 Å².